The van der Waals surface area contributed by atoms with Crippen molar-refractivity contribution in [1.82, 2.24) is 0 Å². The van der Waals surface area contributed by atoms with E-state index in [1.807, 2.05) is 6.07 Å². The van der Waals surface area contributed by atoms with Crippen LogP contribution in [0.25, 0.3) is 0 Å². The Morgan fingerprint density at radius 2 is 1.88 bits per heavy atom. The molecule has 1 unspecified atom stereocenters. The molecule has 1 atom stereocenters. The van der Waals surface area contributed by atoms with Gasteiger partial charge >= 0.3 is 0 Å². The Morgan fingerprint density at radius 3 is 2.59 bits per heavy atom. The molecular weight excluding hydrogens is 214 g/mol. The molecule has 1 aromatic rings. The molecule has 0 fully saturated rings. The van der Waals surface area contributed by atoms with E-state index in [2.05, 4.69) is 26.0 Å². The standard InChI is InChI=1S/C14H21NO2/c1-10(2)12(15)8-11-4-5-13-14(9-11)17-7-3-6-16-13/h4-5,9-10,12H,3,6-8,15H2,1-2H3. The van der Waals surface area contributed by atoms with Crippen molar-refractivity contribution in [2.45, 2.75) is 32.7 Å². The van der Waals surface area contributed by atoms with Gasteiger partial charge in [-0.2, -0.15) is 0 Å². The topological polar surface area (TPSA) is 44.5 Å². The molecule has 0 spiro atoms. The Labute approximate surface area is 103 Å². The van der Waals surface area contributed by atoms with Crippen LogP contribution in [0.5, 0.6) is 11.5 Å². The number of fused-ring (bicyclic) bond motifs is 1. The highest BCUT2D eigenvalue weighted by molar-refractivity contribution is 5.43. The molecule has 2 rings (SSSR count). The van der Waals surface area contributed by atoms with E-state index in [0.29, 0.717) is 5.92 Å². The normalized spacial score (nSPS) is 16.7. The van der Waals surface area contributed by atoms with Crippen LogP contribution in [0, 0.1) is 5.92 Å². The Morgan fingerprint density at radius 1 is 1.18 bits per heavy atom. The second kappa shape index (κ2) is 5.41. The minimum atomic E-state index is 0.194. The molecule has 94 valence electrons. The first-order valence-corrected chi connectivity index (χ1v) is 6.31. The Balaban J connectivity index is 2.12. The maximum Gasteiger partial charge on any atom is 0.161 e. The van der Waals surface area contributed by atoms with Gasteiger partial charge in [0.1, 0.15) is 0 Å². The van der Waals surface area contributed by atoms with Crippen molar-refractivity contribution in [2.24, 2.45) is 11.7 Å². The minimum absolute atomic E-state index is 0.194. The minimum Gasteiger partial charge on any atom is -0.490 e. The molecule has 0 saturated heterocycles. The van der Waals surface area contributed by atoms with Gasteiger partial charge in [0.05, 0.1) is 13.2 Å². The van der Waals surface area contributed by atoms with Gasteiger partial charge in [0, 0.05) is 12.5 Å². The molecule has 1 heterocycles. The molecule has 17 heavy (non-hydrogen) atoms. The van der Waals surface area contributed by atoms with E-state index >= 15 is 0 Å². The van der Waals surface area contributed by atoms with Gasteiger partial charge in [-0.15, -0.1) is 0 Å². The maximum atomic E-state index is 6.08. The van der Waals surface area contributed by atoms with Crippen molar-refractivity contribution < 1.29 is 9.47 Å². The predicted octanol–water partition coefficient (Wildman–Crippen LogP) is 2.37. The molecule has 0 aromatic heterocycles. The molecule has 2 N–H and O–H groups in total. The van der Waals surface area contributed by atoms with E-state index in [-0.39, 0.29) is 6.04 Å². The number of ether oxygens (including phenoxy) is 2. The average Bonchev–Trinajstić information content (AvgIpc) is 2.53. The molecule has 3 nitrogen and oxygen atoms in total. The summed E-state index contributed by atoms with van der Waals surface area (Å²) in [7, 11) is 0. The predicted molar refractivity (Wildman–Crippen MR) is 68.6 cm³/mol. The molecule has 1 aromatic carbocycles. The van der Waals surface area contributed by atoms with Gasteiger partial charge in [-0.3, -0.25) is 0 Å². The lowest BCUT2D eigenvalue weighted by atomic mass is 9.97. The van der Waals surface area contributed by atoms with Crippen molar-refractivity contribution >= 4 is 0 Å². The quantitative estimate of drug-likeness (QED) is 0.874. The summed E-state index contributed by atoms with van der Waals surface area (Å²) in [6.07, 6.45) is 1.82. The lowest BCUT2D eigenvalue weighted by Gasteiger charge is -2.16. The van der Waals surface area contributed by atoms with Gasteiger partial charge in [0.2, 0.25) is 0 Å². The largest absolute Gasteiger partial charge is 0.490 e. The van der Waals surface area contributed by atoms with E-state index in [1.165, 1.54) is 5.56 Å². The van der Waals surface area contributed by atoms with E-state index < -0.39 is 0 Å². The molecule has 0 amide bonds. The zero-order valence-corrected chi connectivity index (χ0v) is 10.6. The van der Waals surface area contributed by atoms with Crippen LogP contribution in [-0.2, 0) is 6.42 Å². The second-order valence-electron chi connectivity index (χ2n) is 4.94. The SMILES string of the molecule is CC(C)C(N)Cc1ccc2c(c1)OCCCO2. The number of hydrogen-bond acceptors (Lipinski definition) is 3. The van der Waals surface area contributed by atoms with Gasteiger partial charge in [-0.1, -0.05) is 19.9 Å². The number of rotatable bonds is 3. The fourth-order valence-corrected chi connectivity index (χ4v) is 1.84. The van der Waals surface area contributed by atoms with Crippen molar-refractivity contribution in [3.05, 3.63) is 23.8 Å². The van der Waals surface area contributed by atoms with E-state index in [4.69, 9.17) is 15.2 Å². The first-order valence-electron chi connectivity index (χ1n) is 6.31. The third kappa shape index (κ3) is 3.13. The third-order valence-corrected chi connectivity index (χ3v) is 3.14. The van der Waals surface area contributed by atoms with Crippen LogP contribution in [0.15, 0.2) is 18.2 Å². The van der Waals surface area contributed by atoms with Gasteiger partial charge in [-0.25, -0.2) is 0 Å². The van der Waals surface area contributed by atoms with E-state index in [0.717, 1.165) is 37.6 Å². The average molecular weight is 235 g/mol. The van der Waals surface area contributed by atoms with Crippen molar-refractivity contribution in [1.29, 1.82) is 0 Å². The summed E-state index contributed by atoms with van der Waals surface area (Å²) < 4.78 is 11.3. The van der Waals surface area contributed by atoms with Gasteiger partial charge in [0.25, 0.3) is 0 Å². The van der Waals surface area contributed by atoms with E-state index in [9.17, 15) is 0 Å². The van der Waals surface area contributed by atoms with E-state index in [1.54, 1.807) is 0 Å². The van der Waals surface area contributed by atoms with Crippen molar-refractivity contribution in [2.75, 3.05) is 13.2 Å². The van der Waals surface area contributed by atoms with Crippen LogP contribution >= 0.6 is 0 Å². The second-order valence-corrected chi connectivity index (χ2v) is 4.94. The molecule has 0 saturated carbocycles. The number of benzene rings is 1. The zero-order valence-electron chi connectivity index (χ0n) is 10.6. The molecule has 0 bridgehead atoms. The molecular formula is C14H21NO2. The monoisotopic (exact) mass is 235 g/mol. The molecule has 1 aliphatic rings. The molecule has 0 radical (unpaired) electrons. The summed E-state index contributed by atoms with van der Waals surface area (Å²) in [4.78, 5) is 0. The first kappa shape index (κ1) is 12.2. The van der Waals surface area contributed by atoms with Crippen molar-refractivity contribution in [3.63, 3.8) is 0 Å². The van der Waals surface area contributed by atoms with Crippen LogP contribution in [0.2, 0.25) is 0 Å². The maximum absolute atomic E-state index is 6.08. The van der Waals surface area contributed by atoms with Crippen LogP contribution < -0.4 is 15.2 Å². The van der Waals surface area contributed by atoms with Crippen molar-refractivity contribution in [3.8, 4) is 11.5 Å². The summed E-state index contributed by atoms with van der Waals surface area (Å²) in [5.74, 6) is 2.20. The molecule has 1 aliphatic heterocycles. The summed E-state index contributed by atoms with van der Waals surface area (Å²) in [5, 5.41) is 0. The van der Waals surface area contributed by atoms with Gasteiger partial charge in [0.15, 0.2) is 11.5 Å². The Hall–Kier alpha value is -1.22. The summed E-state index contributed by atoms with van der Waals surface area (Å²) in [5.41, 5.74) is 7.30. The Kier molecular flexibility index (Phi) is 3.89. The fourth-order valence-electron chi connectivity index (χ4n) is 1.84. The van der Waals surface area contributed by atoms with Gasteiger partial charge in [-0.05, 0) is 30.0 Å². The fraction of sp³-hybridized carbons (Fsp3) is 0.571. The van der Waals surface area contributed by atoms with Crippen LogP contribution in [-0.4, -0.2) is 19.3 Å². The summed E-state index contributed by atoms with van der Waals surface area (Å²) >= 11 is 0. The Bertz CT molecular complexity index is 376. The zero-order chi connectivity index (χ0) is 12.3. The lowest BCUT2D eigenvalue weighted by Crippen LogP contribution is -2.28. The van der Waals surface area contributed by atoms with Crippen LogP contribution in [0.4, 0.5) is 0 Å². The molecule has 3 heteroatoms. The highest BCUT2D eigenvalue weighted by atomic mass is 16.5. The molecule has 0 aliphatic carbocycles. The smallest absolute Gasteiger partial charge is 0.161 e. The third-order valence-electron chi connectivity index (χ3n) is 3.14. The number of nitrogens with two attached hydrogens (primary N) is 1. The highest BCUT2D eigenvalue weighted by Gasteiger charge is 2.13. The van der Waals surface area contributed by atoms with Crippen LogP contribution in [0.3, 0.4) is 0 Å². The van der Waals surface area contributed by atoms with Gasteiger partial charge < -0.3 is 15.2 Å². The summed E-state index contributed by atoms with van der Waals surface area (Å²) in [6, 6.07) is 6.32. The number of hydrogen-bond donors (Lipinski definition) is 1. The van der Waals surface area contributed by atoms with Crippen LogP contribution in [0.1, 0.15) is 25.8 Å². The highest BCUT2D eigenvalue weighted by Crippen LogP contribution is 2.30. The lowest BCUT2D eigenvalue weighted by molar-refractivity contribution is 0.297. The first-order chi connectivity index (χ1) is 8.16. The summed E-state index contributed by atoms with van der Waals surface area (Å²) in [6.45, 7) is 5.76.